The maximum atomic E-state index is 10.3. The zero-order valence-corrected chi connectivity index (χ0v) is 6.06. The van der Waals surface area contributed by atoms with Gasteiger partial charge in [0.15, 0.2) is 0 Å². The number of allylic oxidation sites excluding steroid dienone is 2. The molecule has 1 N–H and O–H groups in total. The van der Waals surface area contributed by atoms with Crippen LogP contribution in [0.25, 0.3) is 0 Å². The highest BCUT2D eigenvalue weighted by molar-refractivity contribution is 5.72. The Bertz CT molecular complexity index is 182. The Labute approximate surface area is 65.0 Å². The van der Waals surface area contributed by atoms with E-state index >= 15 is 0 Å². The van der Waals surface area contributed by atoms with Crippen molar-refractivity contribution in [3.8, 4) is 0 Å². The molecule has 0 aromatic rings. The van der Waals surface area contributed by atoms with Gasteiger partial charge in [-0.3, -0.25) is 9.59 Å². The number of aldehydes is 1. The standard InChI is InChI=1S/C8H10O3/c1-2-7(8(10)11)5-3-4-6-9/h2-4,6-7H,1,5H2,(H,10,11)/b4-3+. The molecule has 0 aliphatic heterocycles. The smallest absolute Gasteiger partial charge is 0.310 e. The first-order valence-corrected chi connectivity index (χ1v) is 3.18. The van der Waals surface area contributed by atoms with E-state index in [-0.39, 0.29) is 0 Å². The third-order valence-electron chi connectivity index (χ3n) is 1.21. The lowest BCUT2D eigenvalue weighted by Crippen LogP contribution is -2.09. The van der Waals surface area contributed by atoms with Crippen LogP contribution in [0.15, 0.2) is 24.8 Å². The maximum Gasteiger partial charge on any atom is 0.310 e. The van der Waals surface area contributed by atoms with Gasteiger partial charge in [0.25, 0.3) is 0 Å². The van der Waals surface area contributed by atoms with Crippen molar-refractivity contribution in [3.63, 3.8) is 0 Å². The van der Waals surface area contributed by atoms with Gasteiger partial charge in [-0.1, -0.05) is 12.2 Å². The van der Waals surface area contributed by atoms with Crippen molar-refractivity contribution in [2.24, 2.45) is 5.92 Å². The molecular formula is C8H10O3. The molecule has 0 heterocycles. The number of carboxylic acid groups (broad SMARTS) is 1. The zero-order chi connectivity index (χ0) is 8.69. The summed E-state index contributed by atoms with van der Waals surface area (Å²) < 4.78 is 0. The minimum atomic E-state index is -0.921. The average Bonchev–Trinajstić information content (AvgIpc) is 1.97. The summed E-state index contributed by atoms with van der Waals surface area (Å²) in [6.07, 6.45) is 5.06. The third kappa shape index (κ3) is 4.08. The molecule has 0 spiro atoms. The lowest BCUT2D eigenvalue weighted by atomic mass is 10.1. The van der Waals surface area contributed by atoms with Crippen LogP contribution >= 0.6 is 0 Å². The van der Waals surface area contributed by atoms with Crippen LogP contribution in [0.1, 0.15) is 6.42 Å². The number of carboxylic acids is 1. The summed E-state index contributed by atoms with van der Waals surface area (Å²) >= 11 is 0. The molecule has 1 atom stereocenters. The monoisotopic (exact) mass is 154 g/mol. The van der Waals surface area contributed by atoms with Gasteiger partial charge in [0.05, 0.1) is 5.92 Å². The molecule has 1 unspecified atom stereocenters. The molecule has 3 heteroatoms. The summed E-state index contributed by atoms with van der Waals surface area (Å²) in [4.78, 5) is 20.1. The molecular weight excluding hydrogens is 144 g/mol. The fourth-order valence-electron chi connectivity index (χ4n) is 0.579. The van der Waals surface area contributed by atoms with Crippen molar-refractivity contribution >= 4 is 12.3 Å². The highest BCUT2D eigenvalue weighted by Gasteiger charge is 2.09. The maximum absolute atomic E-state index is 10.3. The lowest BCUT2D eigenvalue weighted by molar-refractivity contribution is -0.139. The lowest BCUT2D eigenvalue weighted by Gasteiger charge is -2.00. The van der Waals surface area contributed by atoms with Crippen molar-refractivity contribution in [1.82, 2.24) is 0 Å². The van der Waals surface area contributed by atoms with Crippen LogP contribution in [0.3, 0.4) is 0 Å². The number of aliphatic carboxylic acids is 1. The Hall–Kier alpha value is -1.38. The largest absolute Gasteiger partial charge is 0.481 e. The Morgan fingerprint density at radius 1 is 1.64 bits per heavy atom. The van der Waals surface area contributed by atoms with Crippen LogP contribution < -0.4 is 0 Å². The summed E-state index contributed by atoms with van der Waals surface area (Å²) in [6.45, 7) is 3.36. The van der Waals surface area contributed by atoms with E-state index in [4.69, 9.17) is 5.11 Å². The molecule has 0 aromatic heterocycles. The summed E-state index contributed by atoms with van der Waals surface area (Å²) in [5, 5.41) is 8.48. The van der Waals surface area contributed by atoms with E-state index in [2.05, 4.69) is 6.58 Å². The summed E-state index contributed by atoms with van der Waals surface area (Å²) in [5.41, 5.74) is 0. The molecule has 11 heavy (non-hydrogen) atoms. The molecule has 0 radical (unpaired) electrons. The Morgan fingerprint density at radius 3 is 2.64 bits per heavy atom. The van der Waals surface area contributed by atoms with Gasteiger partial charge in [-0.2, -0.15) is 0 Å². The fourth-order valence-corrected chi connectivity index (χ4v) is 0.579. The van der Waals surface area contributed by atoms with Crippen molar-refractivity contribution in [2.45, 2.75) is 6.42 Å². The van der Waals surface area contributed by atoms with Crippen LogP contribution in [-0.2, 0) is 9.59 Å². The van der Waals surface area contributed by atoms with Crippen molar-refractivity contribution in [1.29, 1.82) is 0 Å². The number of hydrogen-bond donors (Lipinski definition) is 1. The van der Waals surface area contributed by atoms with E-state index in [1.54, 1.807) is 0 Å². The minimum absolute atomic E-state index is 0.317. The predicted octanol–water partition coefficient (Wildman–Crippen LogP) is 1.02. The van der Waals surface area contributed by atoms with Crippen LogP contribution in [-0.4, -0.2) is 17.4 Å². The Balaban J connectivity index is 3.88. The van der Waals surface area contributed by atoms with Crippen molar-refractivity contribution in [3.05, 3.63) is 24.8 Å². The summed E-state index contributed by atoms with van der Waals surface area (Å²) in [5.74, 6) is -1.51. The number of hydrogen-bond acceptors (Lipinski definition) is 2. The van der Waals surface area contributed by atoms with Gasteiger partial charge in [-0.15, -0.1) is 6.58 Å². The second kappa shape index (κ2) is 5.41. The van der Waals surface area contributed by atoms with E-state index in [1.165, 1.54) is 18.2 Å². The molecule has 3 nitrogen and oxygen atoms in total. The van der Waals surface area contributed by atoms with Crippen LogP contribution in [0, 0.1) is 5.92 Å². The normalized spacial score (nSPS) is 12.7. The molecule has 0 aliphatic carbocycles. The fraction of sp³-hybridized carbons (Fsp3) is 0.250. The first kappa shape index (κ1) is 9.62. The predicted molar refractivity (Wildman–Crippen MR) is 41.1 cm³/mol. The number of carbonyl (C=O) groups excluding carboxylic acids is 1. The molecule has 0 saturated heterocycles. The molecule has 0 aliphatic rings. The van der Waals surface area contributed by atoms with Gasteiger partial charge >= 0.3 is 5.97 Å². The number of carbonyl (C=O) groups is 2. The van der Waals surface area contributed by atoms with E-state index in [9.17, 15) is 9.59 Å². The van der Waals surface area contributed by atoms with Gasteiger partial charge < -0.3 is 5.11 Å². The topological polar surface area (TPSA) is 54.4 Å². The molecule has 0 saturated carbocycles. The summed E-state index contributed by atoms with van der Waals surface area (Å²) in [7, 11) is 0. The molecule has 0 rings (SSSR count). The molecule has 0 bridgehead atoms. The van der Waals surface area contributed by atoms with Crippen molar-refractivity contribution < 1.29 is 14.7 Å². The van der Waals surface area contributed by atoms with E-state index in [0.29, 0.717) is 12.7 Å². The van der Waals surface area contributed by atoms with Crippen LogP contribution in [0.4, 0.5) is 0 Å². The first-order chi connectivity index (χ1) is 5.22. The van der Waals surface area contributed by atoms with Gasteiger partial charge in [0.1, 0.15) is 6.29 Å². The average molecular weight is 154 g/mol. The van der Waals surface area contributed by atoms with Gasteiger partial charge in [-0.25, -0.2) is 0 Å². The zero-order valence-electron chi connectivity index (χ0n) is 6.06. The summed E-state index contributed by atoms with van der Waals surface area (Å²) in [6, 6.07) is 0. The second-order valence-electron chi connectivity index (χ2n) is 1.98. The van der Waals surface area contributed by atoms with Gasteiger partial charge in [0, 0.05) is 0 Å². The SMILES string of the molecule is C=CC(C/C=C/C=O)C(=O)O. The highest BCUT2D eigenvalue weighted by atomic mass is 16.4. The second-order valence-corrected chi connectivity index (χ2v) is 1.98. The van der Waals surface area contributed by atoms with Crippen molar-refractivity contribution in [2.75, 3.05) is 0 Å². The van der Waals surface area contributed by atoms with Gasteiger partial charge in [-0.05, 0) is 12.5 Å². The minimum Gasteiger partial charge on any atom is -0.481 e. The van der Waals surface area contributed by atoms with Crippen LogP contribution in [0.5, 0.6) is 0 Å². The van der Waals surface area contributed by atoms with E-state index in [1.807, 2.05) is 0 Å². The quantitative estimate of drug-likeness (QED) is 0.365. The Morgan fingerprint density at radius 2 is 2.27 bits per heavy atom. The highest BCUT2D eigenvalue weighted by Crippen LogP contribution is 2.04. The molecule has 60 valence electrons. The van der Waals surface area contributed by atoms with Crippen LogP contribution in [0.2, 0.25) is 0 Å². The Kier molecular flexibility index (Phi) is 4.73. The molecule has 0 aromatic carbocycles. The van der Waals surface area contributed by atoms with E-state index in [0.717, 1.165) is 0 Å². The van der Waals surface area contributed by atoms with E-state index < -0.39 is 11.9 Å². The molecule has 0 amide bonds. The van der Waals surface area contributed by atoms with Gasteiger partial charge in [0.2, 0.25) is 0 Å². The number of rotatable bonds is 5. The first-order valence-electron chi connectivity index (χ1n) is 3.18. The molecule has 0 fully saturated rings. The third-order valence-corrected chi connectivity index (χ3v) is 1.21.